The van der Waals surface area contributed by atoms with Crippen LogP contribution in [0, 0.1) is 0 Å². The second-order valence-electron chi connectivity index (χ2n) is 7.42. The molecule has 5 N–H and O–H groups in total. The minimum Gasteiger partial charge on any atom is -0.507 e. The Kier molecular flexibility index (Phi) is 6.65. The Balaban J connectivity index is 2.03. The quantitative estimate of drug-likeness (QED) is 0.255. The van der Waals surface area contributed by atoms with E-state index in [1.54, 1.807) is 60.7 Å². The van der Waals surface area contributed by atoms with E-state index in [4.69, 9.17) is 27.9 Å². The molecule has 0 fully saturated rings. The van der Waals surface area contributed by atoms with Gasteiger partial charge in [-0.1, -0.05) is 71.7 Å². The Bertz CT molecular complexity index is 1220. The van der Waals surface area contributed by atoms with Crippen molar-refractivity contribution in [1.29, 1.82) is 0 Å². The lowest BCUT2D eigenvalue weighted by Gasteiger charge is -2.33. The first-order chi connectivity index (χ1) is 15.8. The summed E-state index contributed by atoms with van der Waals surface area (Å²) in [5.74, 6) is -1.74. The molecule has 0 bridgehead atoms. The lowest BCUT2D eigenvalue weighted by molar-refractivity contribution is -0.0180. The number of benzene rings is 3. The zero-order chi connectivity index (χ0) is 23.7. The monoisotopic (exact) mass is 486 g/mol. The van der Waals surface area contributed by atoms with Gasteiger partial charge in [-0.25, -0.2) is 0 Å². The number of halogens is 2. The molecule has 0 spiro atoms. The maximum atomic E-state index is 11.1. The Labute approximate surface area is 199 Å². The third-order valence-electron chi connectivity index (χ3n) is 5.42. The van der Waals surface area contributed by atoms with Crippen molar-refractivity contribution in [3.63, 3.8) is 0 Å². The molecule has 1 aliphatic heterocycles. The van der Waals surface area contributed by atoms with E-state index in [2.05, 4.69) is 0 Å². The summed E-state index contributed by atoms with van der Waals surface area (Å²) in [7, 11) is 0. The highest BCUT2D eigenvalue weighted by Gasteiger charge is 2.39. The average molecular weight is 487 g/mol. The molecule has 8 heteroatoms. The summed E-state index contributed by atoms with van der Waals surface area (Å²) >= 11 is 12.3. The van der Waals surface area contributed by atoms with Gasteiger partial charge in [0.15, 0.2) is 6.29 Å². The van der Waals surface area contributed by atoms with Gasteiger partial charge >= 0.3 is 0 Å². The van der Waals surface area contributed by atoms with Crippen LogP contribution in [-0.2, 0) is 0 Å². The second kappa shape index (κ2) is 9.47. The van der Waals surface area contributed by atoms with Gasteiger partial charge in [0.05, 0.1) is 21.2 Å². The lowest BCUT2D eigenvalue weighted by atomic mass is 9.80. The number of hydrogen-bond donors (Lipinski definition) is 5. The Morgan fingerprint density at radius 1 is 0.879 bits per heavy atom. The van der Waals surface area contributed by atoms with Gasteiger partial charge in [0.1, 0.15) is 17.3 Å². The number of rotatable bonds is 5. The highest BCUT2D eigenvalue weighted by Crippen LogP contribution is 2.46. The van der Waals surface area contributed by atoms with E-state index in [0.29, 0.717) is 16.7 Å². The van der Waals surface area contributed by atoms with Crippen molar-refractivity contribution in [3.8, 4) is 5.75 Å². The van der Waals surface area contributed by atoms with Gasteiger partial charge in [0.2, 0.25) is 6.29 Å². The first-order valence-corrected chi connectivity index (χ1v) is 10.7. The standard InChI is InChI=1S/C25H20Cl2O6/c26-16-11-10-14(12-17(16)27)19(20(24(30)31)22(28)13-6-2-1-3-7-13)21-23(29)15-8-4-5-9-18(15)33-25(21)32/h1-12,19,24-25,28-32H/b22-20+. The number of ether oxygens (including phenoxy) is 1. The normalized spacial score (nSPS) is 17.3. The molecule has 0 aliphatic carbocycles. The second-order valence-corrected chi connectivity index (χ2v) is 8.23. The predicted octanol–water partition coefficient (Wildman–Crippen LogP) is 5.04. The smallest absolute Gasteiger partial charge is 0.225 e. The fourth-order valence-electron chi connectivity index (χ4n) is 3.89. The highest BCUT2D eigenvalue weighted by molar-refractivity contribution is 6.42. The van der Waals surface area contributed by atoms with Crippen molar-refractivity contribution < 1.29 is 30.3 Å². The van der Waals surface area contributed by atoms with Crippen LogP contribution in [0.25, 0.3) is 11.5 Å². The Morgan fingerprint density at radius 3 is 2.21 bits per heavy atom. The zero-order valence-electron chi connectivity index (χ0n) is 17.1. The molecule has 3 aromatic carbocycles. The molecule has 0 saturated carbocycles. The van der Waals surface area contributed by atoms with Gasteiger partial charge in [-0.15, -0.1) is 0 Å². The van der Waals surface area contributed by atoms with Crippen LogP contribution in [-0.4, -0.2) is 38.1 Å². The summed E-state index contributed by atoms with van der Waals surface area (Å²) in [4.78, 5) is 0. The zero-order valence-corrected chi connectivity index (χ0v) is 18.6. The average Bonchev–Trinajstić information content (AvgIpc) is 2.80. The van der Waals surface area contributed by atoms with Crippen molar-refractivity contribution >= 4 is 34.7 Å². The molecule has 33 heavy (non-hydrogen) atoms. The topological polar surface area (TPSA) is 110 Å². The van der Waals surface area contributed by atoms with Crippen LogP contribution < -0.4 is 4.74 Å². The Hall–Kier alpha value is -3.00. The highest BCUT2D eigenvalue weighted by atomic mass is 35.5. The molecule has 0 saturated heterocycles. The molecule has 1 aliphatic rings. The third kappa shape index (κ3) is 4.44. The molecule has 0 aromatic heterocycles. The summed E-state index contributed by atoms with van der Waals surface area (Å²) < 4.78 is 5.60. The molecular weight excluding hydrogens is 467 g/mol. The molecule has 170 valence electrons. The van der Waals surface area contributed by atoms with Gasteiger partial charge in [0, 0.05) is 17.1 Å². The number of para-hydroxylation sites is 1. The van der Waals surface area contributed by atoms with Crippen molar-refractivity contribution in [1.82, 2.24) is 0 Å². The van der Waals surface area contributed by atoms with E-state index in [1.807, 2.05) is 0 Å². The summed E-state index contributed by atoms with van der Waals surface area (Å²) in [6, 6.07) is 19.3. The van der Waals surface area contributed by atoms with Gasteiger partial charge in [-0.3, -0.25) is 0 Å². The summed E-state index contributed by atoms with van der Waals surface area (Å²) in [5, 5.41) is 54.2. The van der Waals surface area contributed by atoms with Crippen LogP contribution in [0.2, 0.25) is 10.0 Å². The van der Waals surface area contributed by atoms with Crippen LogP contribution in [0.4, 0.5) is 0 Å². The molecule has 3 aromatic rings. The van der Waals surface area contributed by atoms with E-state index >= 15 is 0 Å². The first-order valence-electron chi connectivity index (χ1n) is 9.96. The SMILES string of the molecule is OC1=C(C(/C(=C(\O)c2ccccc2)C(O)O)c2ccc(Cl)c(Cl)c2)C(O)Oc2ccccc21. The number of aliphatic hydroxyl groups excluding tert-OH is 4. The molecule has 0 amide bonds. The van der Waals surface area contributed by atoms with Crippen molar-refractivity contribution in [2.75, 3.05) is 0 Å². The van der Waals surface area contributed by atoms with Crippen LogP contribution in [0.5, 0.6) is 5.75 Å². The first kappa shape index (κ1) is 23.2. The maximum absolute atomic E-state index is 11.1. The molecule has 6 nitrogen and oxygen atoms in total. The summed E-state index contributed by atoms with van der Waals surface area (Å²) in [6.07, 6.45) is -3.81. The van der Waals surface area contributed by atoms with Gasteiger partial charge in [-0.2, -0.15) is 0 Å². The van der Waals surface area contributed by atoms with Crippen molar-refractivity contribution in [2.45, 2.75) is 18.5 Å². The molecular formula is C25H20Cl2O6. The van der Waals surface area contributed by atoms with E-state index in [1.165, 1.54) is 12.1 Å². The van der Waals surface area contributed by atoms with Crippen LogP contribution >= 0.6 is 23.2 Å². The predicted molar refractivity (Wildman–Crippen MR) is 126 cm³/mol. The van der Waals surface area contributed by atoms with Crippen LogP contribution in [0.15, 0.2) is 83.9 Å². The number of hydrogen-bond acceptors (Lipinski definition) is 6. The lowest BCUT2D eigenvalue weighted by Crippen LogP contribution is -2.31. The minimum absolute atomic E-state index is 0.0994. The van der Waals surface area contributed by atoms with E-state index in [0.717, 1.165) is 0 Å². The summed E-state index contributed by atoms with van der Waals surface area (Å²) in [6.45, 7) is 0. The third-order valence-corrected chi connectivity index (χ3v) is 6.16. The number of fused-ring (bicyclic) bond motifs is 1. The van der Waals surface area contributed by atoms with Crippen LogP contribution in [0.3, 0.4) is 0 Å². The Morgan fingerprint density at radius 2 is 1.55 bits per heavy atom. The fraction of sp³-hybridized carbons (Fsp3) is 0.120. The maximum Gasteiger partial charge on any atom is 0.225 e. The van der Waals surface area contributed by atoms with Crippen molar-refractivity contribution in [3.05, 3.63) is 111 Å². The van der Waals surface area contributed by atoms with Gasteiger partial charge in [-0.05, 0) is 29.8 Å². The van der Waals surface area contributed by atoms with Gasteiger partial charge in [0.25, 0.3) is 0 Å². The van der Waals surface area contributed by atoms with Crippen molar-refractivity contribution in [2.24, 2.45) is 0 Å². The van der Waals surface area contributed by atoms with Crippen LogP contribution in [0.1, 0.15) is 22.6 Å². The largest absolute Gasteiger partial charge is 0.507 e. The van der Waals surface area contributed by atoms with E-state index in [-0.39, 0.29) is 32.7 Å². The molecule has 2 unspecified atom stereocenters. The summed E-state index contributed by atoms with van der Waals surface area (Å²) in [5.41, 5.74) is 0.547. The fourth-order valence-corrected chi connectivity index (χ4v) is 4.20. The van der Waals surface area contributed by atoms with Gasteiger partial charge < -0.3 is 30.3 Å². The molecule has 0 radical (unpaired) electrons. The molecule has 2 atom stereocenters. The minimum atomic E-state index is -2.16. The molecule has 4 rings (SSSR count). The van der Waals surface area contributed by atoms with E-state index in [9.17, 15) is 25.5 Å². The van der Waals surface area contributed by atoms with E-state index < -0.39 is 24.3 Å². The molecule has 1 heterocycles. The number of aliphatic hydroxyl groups is 5.